The first kappa shape index (κ1) is 13.9. The standard InChI is InChI=1S/C16H17NO3/c1-19-16(18)14-8-7-13(17)11-15(14)20-10-9-12-5-3-2-4-6-12/h2-8,11H,9-10,17H2,1H3. The molecule has 2 N–H and O–H groups in total. The van der Waals surface area contributed by atoms with Crippen LogP contribution in [-0.4, -0.2) is 19.7 Å². The van der Waals surface area contributed by atoms with Gasteiger partial charge in [0.25, 0.3) is 0 Å². The summed E-state index contributed by atoms with van der Waals surface area (Å²) in [5.41, 5.74) is 7.83. The number of carbonyl (C=O) groups is 1. The van der Waals surface area contributed by atoms with Crippen LogP contribution >= 0.6 is 0 Å². The lowest BCUT2D eigenvalue weighted by Crippen LogP contribution is -2.08. The van der Waals surface area contributed by atoms with Gasteiger partial charge in [0, 0.05) is 18.2 Å². The normalized spacial score (nSPS) is 10.1. The monoisotopic (exact) mass is 271 g/mol. The van der Waals surface area contributed by atoms with Gasteiger partial charge in [-0.2, -0.15) is 0 Å². The molecule has 0 bridgehead atoms. The molecule has 0 aromatic heterocycles. The van der Waals surface area contributed by atoms with E-state index in [4.69, 9.17) is 15.2 Å². The molecule has 0 unspecified atom stereocenters. The van der Waals surface area contributed by atoms with E-state index in [-0.39, 0.29) is 0 Å². The van der Waals surface area contributed by atoms with Crippen LogP contribution in [0.15, 0.2) is 48.5 Å². The van der Waals surface area contributed by atoms with E-state index in [0.29, 0.717) is 23.6 Å². The minimum absolute atomic E-state index is 0.384. The lowest BCUT2D eigenvalue weighted by Gasteiger charge is -2.11. The van der Waals surface area contributed by atoms with Crippen LogP contribution in [0.1, 0.15) is 15.9 Å². The minimum atomic E-state index is -0.431. The number of ether oxygens (including phenoxy) is 2. The van der Waals surface area contributed by atoms with Gasteiger partial charge in [0.15, 0.2) is 0 Å². The summed E-state index contributed by atoms with van der Waals surface area (Å²) >= 11 is 0. The molecule has 4 nitrogen and oxygen atoms in total. The first-order chi connectivity index (χ1) is 9.70. The van der Waals surface area contributed by atoms with Gasteiger partial charge in [-0.1, -0.05) is 30.3 Å². The Bertz CT molecular complexity index is 582. The van der Waals surface area contributed by atoms with Crippen molar-refractivity contribution >= 4 is 11.7 Å². The lowest BCUT2D eigenvalue weighted by molar-refractivity contribution is 0.0596. The van der Waals surface area contributed by atoms with Crippen molar-refractivity contribution in [2.75, 3.05) is 19.5 Å². The maximum absolute atomic E-state index is 11.6. The third kappa shape index (κ3) is 3.51. The quantitative estimate of drug-likeness (QED) is 0.671. The highest BCUT2D eigenvalue weighted by atomic mass is 16.5. The molecule has 0 fully saturated rings. The fourth-order valence-corrected chi connectivity index (χ4v) is 1.86. The van der Waals surface area contributed by atoms with Gasteiger partial charge in [-0.15, -0.1) is 0 Å². The third-order valence-electron chi connectivity index (χ3n) is 2.90. The number of anilines is 1. The number of esters is 1. The summed E-state index contributed by atoms with van der Waals surface area (Å²) in [6.07, 6.45) is 0.760. The van der Waals surface area contributed by atoms with Gasteiger partial charge in [-0.05, 0) is 17.7 Å². The summed E-state index contributed by atoms with van der Waals surface area (Å²) in [5, 5.41) is 0. The van der Waals surface area contributed by atoms with E-state index in [1.165, 1.54) is 12.7 Å². The molecule has 0 radical (unpaired) electrons. The van der Waals surface area contributed by atoms with E-state index < -0.39 is 5.97 Å². The van der Waals surface area contributed by atoms with Gasteiger partial charge in [0.2, 0.25) is 0 Å². The molecule has 0 aliphatic heterocycles. The molecule has 0 saturated carbocycles. The molecule has 0 heterocycles. The van der Waals surface area contributed by atoms with Crippen molar-refractivity contribution in [3.05, 3.63) is 59.7 Å². The van der Waals surface area contributed by atoms with Gasteiger partial charge < -0.3 is 15.2 Å². The Morgan fingerprint density at radius 1 is 1.15 bits per heavy atom. The maximum Gasteiger partial charge on any atom is 0.341 e. The topological polar surface area (TPSA) is 61.5 Å². The van der Waals surface area contributed by atoms with Crippen molar-refractivity contribution < 1.29 is 14.3 Å². The Balaban J connectivity index is 2.05. The molecule has 0 aliphatic carbocycles. The zero-order valence-corrected chi connectivity index (χ0v) is 11.3. The van der Waals surface area contributed by atoms with Crippen molar-refractivity contribution in [3.8, 4) is 5.75 Å². The number of benzene rings is 2. The Hall–Kier alpha value is -2.49. The van der Waals surface area contributed by atoms with Crippen molar-refractivity contribution in [2.45, 2.75) is 6.42 Å². The van der Waals surface area contributed by atoms with E-state index >= 15 is 0 Å². The van der Waals surface area contributed by atoms with Gasteiger partial charge in [-0.25, -0.2) is 4.79 Å². The third-order valence-corrected chi connectivity index (χ3v) is 2.90. The van der Waals surface area contributed by atoms with E-state index in [1.54, 1.807) is 18.2 Å². The average molecular weight is 271 g/mol. The molecule has 2 aromatic carbocycles. The van der Waals surface area contributed by atoms with Crippen molar-refractivity contribution in [3.63, 3.8) is 0 Å². The number of nitrogens with two attached hydrogens (primary N) is 1. The van der Waals surface area contributed by atoms with Crippen molar-refractivity contribution in [1.82, 2.24) is 0 Å². The summed E-state index contributed by atoms with van der Waals surface area (Å²) in [6.45, 7) is 0.470. The van der Waals surface area contributed by atoms with Crippen LogP contribution in [0.25, 0.3) is 0 Å². The molecule has 0 atom stereocenters. The maximum atomic E-state index is 11.6. The molecular formula is C16H17NO3. The van der Waals surface area contributed by atoms with Crippen LogP contribution in [-0.2, 0) is 11.2 Å². The van der Waals surface area contributed by atoms with Gasteiger partial charge in [0.05, 0.1) is 13.7 Å². The summed E-state index contributed by atoms with van der Waals surface area (Å²) in [7, 11) is 1.34. The van der Waals surface area contributed by atoms with E-state index in [9.17, 15) is 4.79 Å². The van der Waals surface area contributed by atoms with Crippen LogP contribution in [0.5, 0.6) is 5.75 Å². The first-order valence-electron chi connectivity index (χ1n) is 6.35. The van der Waals surface area contributed by atoms with Gasteiger partial charge >= 0.3 is 5.97 Å². The SMILES string of the molecule is COC(=O)c1ccc(N)cc1OCCc1ccccc1. The highest BCUT2D eigenvalue weighted by molar-refractivity contribution is 5.93. The first-order valence-corrected chi connectivity index (χ1v) is 6.35. The second kappa shape index (κ2) is 6.61. The fraction of sp³-hybridized carbons (Fsp3) is 0.188. The second-order valence-electron chi connectivity index (χ2n) is 4.33. The van der Waals surface area contributed by atoms with E-state index in [1.807, 2.05) is 30.3 Å². The molecule has 0 spiro atoms. The molecular weight excluding hydrogens is 254 g/mol. The minimum Gasteiger partial charge on any atom is -0.492 e. The molecule has 104 valence electrons. The summed E-state index contributed by atoms with van der Waals surface area (Å²) in [5.74, 6) is 0.0208. The second-order valence-corrected chi connectivity index (χ2v) is 4.33. The van der Waals surface area contributed by atoms with Crippen LogP contribution in [0.4, 0.5) is 5.69 Å². The molecule has 0 saturated heterocycles. The number of hydrogen-bond donors (Lipinski definition) is 1. The average Bonchev–Trinajstić information content (AvgIpc) is 2.48. The smallest absolute Gasteiger partial charge is 0.341 e. The summed E-state index contributed by atoms with van der Waals surface area (Å²) < 4.78 is 10.4. The fourth-order valence-electron chi connectivity index (χ4n) is 1.86. The van der Waals surface area contributed by atoms with Crippen LogP contribution in [0.2, 0.25) is 0 Å². The predicted octanol–water partition coefficient (Wildman–Crippen LogP) is 2.68. The van der Waals surface area contributed by atoms with E-state index in [0.717, 1.165) is 6.42 Å². The van der Waals surface area contributed by atoms with Crippen LogP contribution in [0.3, 0.4) is 0 Å². The highest BCUT2D eigenvalue weighted by Gasteiger charge is 2.13. The van der Waals surface area contributed by atoms with Crippen LogP contribution in [0, 0.1) is 0 Å². The number of hydrogen-bond acceptors (Lipinski definition) is 4. The van der Waals surface area contributed by atoms with Gasteiger partial charge in [-0.3, -0.25) is 0 Å². The Morgan fingerprint density at radius 3 is 2.60 bits per heavy atom. The number of carbonyl (C=O) groups excluding carboxylic acids is 1. The number of methoxy groups -OCH3 is 1. The largest absolute Gasteiger partial charge is 0.492 e. The summed E-state index contributed by atoms with van der Waals surface area (Å²) in [6, 6.07) is 14.9. The van der Waals surface area contributed by atoms with Gasteiger partial charge in [0.1, 0.15) is 11.3 Å². The molecule has 20 heavy (non-hydrogen) atoms. The van der Waals surface area contributed by atoms with Crippen molar-refractivity contribution in [2.24, 2.45) is 0 Å². The number of rotatable bonds is 5. The number of nitrogen functional groups attached to an aromatic ring is 1. The Kier molecular flexibility index (Phi) is 4.60. The molecule has 0 amide bonds. The lowest BCUT2D eigenvalue weighted by atomic mass is 10.1. The molecule has 2 aromatic rings. The predicted molar refractivity (Wildman–Crippen MR) is 77.8 cm³/mol. The zero-order chi connectivity index (χ0) is 14.4. The zero-order valence-electron chi connectivity index (χ0n) is 11.3. The molecule has 4 heteroatoms. The Labute approximate surface area is 118 Å². The highest BCUT2D eigenvalue weighted by Crippen LogP contribution is 2.22. The van der Waals surface area contributed by atoms with Crippen molar-refractivity contribution in [1.29, 1.82) is 0 Å². The molecule has 2 rings (SSSR count). The molecule has 0 aliphatic rings. The van der Waals surface area contributed by atoms with Crippen LogP contribution < -0.4 is 10.5 Å². The summed E-state index contributed by atoms with van der Waals surface area (Å²) in [4.78, 5) is 11.6. The van der Waals surface area contributed by atoms with E-state index in [2.05, 4.69) is 0 Å². The Morgan fingerprint density at radius 2 is 1.90 bits per heavy atom.